The summed E-state index contributed by atoms with van der Waals surface area (Å²) >= 11 is 0. The average Bonchev–Trinajstić information content (AvgIpc) is 2.66. The Balaban J connectivity index is 1.98. The van der Waals surface area contributed by atoms with E-state index in [0.717, 1.165) is 9.87 Å². The normalized spacial score (nSPS) is 11.2. The fourth-order valence-corrected chi connectivity index (χ4v) is 3.25. The molecule has 2 amide bonds. The van der Waals surface area contributed by atoms with Gasteiger partial charge in [-0.05, 0) is 42.3 Å². The predicted molar refractivity (Wildman–Crippen MR) is 106 cm³/mol. The molecule has 0 unspecified atom stereocenters. The van der Waals surface area contributed by atoms with Crippen LogP contribution >= 0.6 is 0 Å². The minimum Gasteiger partial charge on any atom is -0.495 e. The second kappa shape index (κ2) is 8.85. The van der Waals surface area contributed by atoms with Gasteiger partial charge in [-0.2, -0.15) is 0 Å². The van der Waals surface area contributed by atoms with E-state index in [1.807, 2.05) is 13.0 Å². The topological polar surface area (TPSA) is 105 Å². The molecule has 0 fully saturated rings. The van der Waals surface area contributed by atoms with Crippen molar-refractivity contribution in [2.75, 3.05) is 26.5 Å². The standard InChI is InChI=1S/C19H23N3O5S/c1-13-5-10-17(27-4)16(11-13)21-19(24)18(23)20-12-14-6-8-15(9-7-14)28(25,26)22(2)3/h5-11H,12H2,1-4H3,(H,20,23)(H,21,24). The molecule has 0 radical (unpaired) electrons. The molecule has 0 heterocycles. The summed E-state index contributed by atoms with van der Waals surface area (Å²) in [6, 6.07) is 11.3. The number of sulfonamides is 1. The summed E-state index contributed by atoms with van der Waals surface area (Å²) in [6.45, 7) is 1.94. The van der Waals surface area contributed by atoms with Gasteiger partial charge in [0.1, 0.15) is 5.75 Å². The van der Waals surface area contributed by atoms with Gasteiger partial charge < -0.3 is 15.4 Å². The highest BCUT2D eigenvalue weighted by Gasteiger charge is 2.18. The minimum atomic E-state index is -3.51. The number of methoxy groups -OCH3 is 1. The predicted octanol–water partition coefficient (Wildman–Crippen LogP) is 1.51. The van der Waals surface area contributed by atoms with E-state index in [-0.39, 0.29) is 11.4 Å². The molecule has 0 aliphatic carbocycles. The fourth-order valence-electron chi connectivity index (χ4n) is 2.35. The lowest BCUT2D eigenvalue weighted by atomic mass is 10.2. The monoisotopic (exact) mass is 405 g/mol. The van der Waals surface area contributed by atoms with E-state index in [2.05, 4.69) is 10.6 Å². The van der Waals surface area contributed by atoms with E-state index in [4.69, 9.17) is 4.74 Å². The highest BCUT2D eigenvalue weighted by atomic mass is 32.2. The third-order valence-corrected chi connectivity index (χ3v) is 5.79. The quantitative estimate of drug-likeness (QED) is 0.709. The number of rotatable bonds is 6. The van der Waals surface area contributed by atoms with Gasteiger partial charge in [0.2, 0.25) is 10.0 Å². The summed E-state index contributed by atoms with van der Waals surface area (Å²) < 4.78 is 30.4. The van der Waals surface area contributed by atoms with Gasteiger partial charge in [-0.15, -0.1) is 0 Å². The van der Waals surface area contributed by atoms with Gasteiger partial charge in [0.05, 0.1) is 17.7 Å². The highest BCUT2D eigenvalue weighted by molar-refractivity contribution is 7.89. The molecule has 2 N–H and O–H groups in total. The van der Waals surface area contributed by atoms with E-state index >= 15 is 0 Å². The van der Waals surface area contributed by atoms with Crippen molar-refractivity contribution in [3.63, 3.8) is 0 Å². The van der Waals surface area contributed by atoms with E-state index < -0.39 is 21.8 Å². The van der Waals surface area contributed by atoms with Crippen molar-refractivity contribution in [2.45, 2.75) is 18.4 Å². The van der Waals surface area contributed by atoms with Crippen molar-refractivity contribution in [1.82, 2.24) is 9.62 Å². The summed E-state index contributed by atoms with van der Waals surface area (Å²) in [4.78, 5) is 24.3. The number of hydrogen-bond acceptors (Lipinski definition) is 5. The van der Waals surface area contributed by atoms with Crippen molar-refractivity contribution in [3.05, 3.63) is 53.6 Å². The molecule has 0 aliphatic rings. The van der Waals surface area contributed by atoms with Gasteiger partial charge in [-0.1, -0.05) is 18.2 Å². The Hall–Kier alpha value is -2.91. The SMILES string of the molecule is COc1ccc(C)cc1NC(=O)C(=O)NCc1ccc(S(=O)(=O)N(C)C)cc1. The smallest absolute Gasteiger partial charge is 0.313 e. The van der Waals surface area contributed by atoms with Crippen molar-refractivity contribution >= 4 is 27.5 Å². The molecular weight excluding hydrogens is 382 g/mol. The third kappa shape index (κ3) is 5.08. The van der Waals surface area contributed by atoms with Crippen molar-refractivity contribution < 1.29 is 22.7 Å². The maximum atomic E-state index is 12.1. The molecule has 0 spiro atoms. The van der Waals surface area contributed by atoms with Crippen LogP contribution < -0.4 is 15.4 Å². The van der Waals surface area contributed by atoms with Gasteiger partial charge in [-0.3, -0.25) is 9.59 Å². The summed E-state index contributed by atoms with van der Waals surface area (Å²) in [5.41, 5.74) is 1.97. The van der Waals surface area contributed by atoms with Gasteiger partial charge in [0.25, 0.3) is 0 Å². The molecule has 8 nitrogen and oxygen atoms in total. The number of aryl methyl sites for hydroxylation is 1. The molecule has 150 valence electrons. The van der Waals surface area contributed by atoms with Crippen molar-refractivity contribution in [2.24, 2.45) is 0 Å². The zero-order valence-electron chi connectivity index (χ0n) is 16.1. The summed E-state index contributed by atoms with van der Waals surface area (Å²) in [6.07, 6.45) is 0. The zero-order valence-corrected chi connectivity index (χ0v) is 17.0. The first kappa shape index (κ1) is 21.4. The van der Waals surface area contributed by atoms with Crippen LogP contribution in [0.4, 0.5) is 5.69 Å². The lowest BCUT2D eigenvalue weighted by Crippen LogP contribution is -2.35. The molecule has 0 bridgehead atoms. The van der Waals surface area contributed by atoms with Crippen LogP contribution in [-0.2, 0) is 26.2 Å². The summed E-state index contributed by atoms with van der Waals surface area (Å²) in [5, 5.41) is 5.02. The molecule has 2 rings (SSSR count). The Morgan fingerprint density at radius 3 is 2.25 bits per heavy atom. The second-order valence-electron chi connectivity index (χ2n) is 6.27. The highest BCUT2D eigenvalue weighted by Crippen LogP contribution is 2.25. The maximum Gasteiger partial charge on any atom is 0.313 e. The van der Waals surface area contributed by atoms with Gasteiger partial charge in [-0.25, -0.2) is 12.7 Å². The van der Waals surface area contributed by atoms with E-state index in [1.54, 1.807) is 24.3 Å². The second-order valence-corrected chi connectivity index (χ2v) is 8.42. The molecule has 2 aromatic rings. The lowest BCUT2D eigenvalue weighted by molar-refractivity contribution is -0.136. The number of nitrogens with one attached hydrogen (secondary N) is 2. The number of carbonyl (C=O) groups excluding carboxylic acids is 2. The van der Waals surface area contributed by atoms with E-state index in [1.165, 1.54) is 33.3 Å². The number of benzene rings is 2. The number of ether oxygens (including phenoxy) is 1. The maximum absolute atomic E-state index is 12.1. The van der Waals surface area contributed by atoms with Crippen LogP contribution in [0.25, 0.3) is 0 Å². The molecule has 2 aromatic carbocycles. The Kier molecular flexibility index (Phi) is 6.76. The molecule has 0 saturated carbocycles. The summed E-state index contributed by atoms with van der Waals surface area (Å²) in [5.74, 6) is -1.19. The molecule has 9 heteroatoms. The molecule has 0 atom stereocenters. The lowest BCUT2D eigenvalue weighted by Gasteiger charge is -2.12. The zero-order chi connectivity index (χ0) is 20.9. The van der Waals surface area contributed by atoms with Crippen LogP contribution in [0.15, 0.2) is 47.4 Å². The van der Waals surface area contributed by atoms with Crippen LogP contribution in [0, 0.1) is 6.92 Å². The van der Waals surface area contributed by atoms with Gasteiger partial charge in [0, 0.05) is 20.6 Å². The number of anilines is 1. The van der Waals surface area contributed by atoms with Crippen molar-refractivity contribution in [3.8, 4) is 5.75 Å². The Labute approximate surface area is 164 Å². The van der Waals surface area contributed by atoms with E-state index in [9.17, 15) is 18.0 Å². The fraction of sp³-hybridized carbons (Fsp3) is 0.263. The van der Waals surface area contributed by atoms with Crippen LogP contribution in [0.1, 0.15) is 11.1 Å². The number of amides is 2. The Bertz CT molecular complexity index is 970. The van der Waals surface area contributed by atoms with Crippen molar-refractivity contribution in [1.29, 1.82) is 0 Å². The average molecular weight is 405 g/mol. The first-order valence-corrected chi connectivity index (χ1v) is 9.84. The van der Waals surface area contributed by atoms with Crippen LogP contribution in [0.2, 0.25) is 0 Å². The number of carbonyl (C=O) groups is 2. The minimum absolute atomic E-state index is 0.0828. The largest absolute Gasteiger partial charge is 0.495 e. The van der Waals surface area contributed by atoms with Crippen LogP contribution in [0.5, 0.6) is 5.75 Å². The number of nitrogens with zero attached hydrogens (tertiary/aromatic N) is 1. The Morgan fingerprint density at radius 1 is 1.04 bits per heavy atom. The molecule has 0 saturated heterocycles. The summed E-state index contributed by atoms with van der Waals surface area (Å²) in [7, 11) is 0.859. The first-order chi connectivity index (χ1) is 13.1. The molecule has 0 aliphatic heterocycles. The van der Waals surface area contributed by atoms with Gasteiger partial charge in [0.15, 0.2) is 0 Å². The Morgan fingerprint density at radius 2 is 1.68 bits per heavy atom. The van der Waals surface area contributed by atoms with Crippen LogP contribution in [-0.4, -0.2) is 45.7 Å². The molecule has 28 heavy (non-hydrogen) atoms. The van der Waals surface area contributed by atoms with Gasteiger partial charge >= 0.3 is 11.8 Å². The van der Waals surface area contributed by atoms with Crippen LogP contribution in [0.3, 0.4) is 0 Å². The molecular formula is C19H23N3O5S. The third-order valence-electron chi connectivity index (χ3n) is 3.96. The van der Waals surface area contributed by atoms with E-state index in [0.29, 0.717) is 17.0 Å². The molecule has 0 aromatic heterocycles. The first-order valence-electron chi connectivity index (χ1n) is 8.40. The number of hydrogen-bond donors (Lipinski definition) is 2.